The zero-order valence-corrected chi connectivity index (χ0v) is 5.60. The maximum absolute atomic E-state index is 10.5. The van der Waals surface area contributed by atoms with Crippen LogP contribution in [-0.2, 0) is 0 Å². The fourth-order valence-corrected chi connectivity index (χ4v) is 0.687. The first-order valence-electron chi connectivity index (χ1n) is 2.95. The molecule has 0 saturated carbocycles. The third kappa shape index (κ3) is 1.09. The number of fused-ring (bicyclic) bond motifs is 2. The van der Waals surface area contributed by atoms with Gasteiger partial charge in [-0.1, -0.05) is 0 Å². The van der Waals surface area contributed by atoms with Crippen molar-refractivity contribution in [2.75, 3.05) is 0 Å². The van der Waals surface area contributed by atoms with Crippen LogP contribution in [0.3, 0.4) is 0 Å². The zero-order valence-electron chi connectivity index (χ0n) is 5.60. The van der Waals surface area contributed by atoms with E-state index in [2.05, 4.69) is 13.3 Å². The van der Waals surface area contributed by atoms with Gasteiger partial charge in [0.1, 0.15) is 0 Å². The molecule has 2 rings (SSSR count). The molecule has 62 valence electrons. The minimum absolute atomic E-state index is 0.0810. The van der Waals surface area contributed by atoms with Gasteiger partial charge < -0.3 is 17.7 Å². The van der Waals surface area contributed by atoms with E-state index in [4.69, 9.17) is 4.42 Å². The summed E-state index contributed by atoms with van der Waals surface area (Å²) in [5.41, 5.74) is 0. The van der Waals surface area contributed by atoms with E-state index < -0.39 is 11.6 Å². The summed E-state index contributed by atoms with van der Waals surface area (Å²) >= 11 is 0. The van der Waals surface area contributed by atoms with Gasteiger partial charge >= 0.3 is 11.6 Å². The van der Waals surface area contributed by atoms with Crippen molar-refractivity contribution in [2.45, 2.75) is 0 Å². The summed E-state index contributed by atoms with van der Waals surface area (Å²) < 4.78 is 17.4. The molecule has 2 aromatic rings. The van der Waals surface area contributed by atoms with Gasteiger partial charge in [0.25, 0.3) is 11.6 Å². The first-order valence-corrected chi connectivity index (χ1v) is 2.95. The van der Waals surface area contributed by atoms with E-state index in [0.717, 1.165) is 0 Å². The molecule has 2 heterocycles. The molecule has 6 heteroatoms. The first-order chi connectivity index (χ1) is 5.74. The molecule has 0 radical (unpaired) electrons. The van der Waals surface area contributed by atoms with Crippen LogP contribution >= 0.6 is 0 Å². The molecule has 0 unspecified atom stereocenters. The highest BCUT2D eigenvalue weighted by Gasteiger charge is 1.98. The second-order valence-corrected chi connectivity index (χ2v) is 1.88. The van der Waals surface area contributed by atoms with Crippen molar-refractivity contribution < 1.29 is 17.7 Å². The third-order valence-corrected chi connectivity index (χ3v) is 1.09. The molecule has 6 nitrogen and oxygen atoms in total. The summed E-state index contributed by atoms with van der Waals surface area (Å²) in [4.78, 5) is 21.1. The van der Waals surface area contributed by atoms with Crippen LogP contribution in [0.1, 0.15) is 0 Å². The third-order valence-electron chi connectivity index (χ3n) is 1.09. The second-order valence-electron chi connectivity index (χ2n) is 1.88. The van der Waals surface area contributed by atoms with E-state index in [1.54, 1.807) is 0 Å². The summed E-state index contributed by atoms with van der Waals surface area (Å²) in [6.07, 6.45) is 0. The van der Waals surface area contributed by atoms with E-state index in [-0.39, 0.29) is 11.6 Å². The Morgan fingerprint density at radius 1 is 0.750 bits per heavy atom. The molecule has 2 aromatic heterocycles. The van der Waals surface area contributed by atoms with Gasteiger partial charge in [0, 0.05) is 12.1 Å². The lowest BCUT2D eigenvalue weighted by Crippen LogP contribution is -2.03. The molecule has 0 aromatic carbocycles. The molecule has 0 amide bonds. The van der Waals surface area contributed by atoms with Crippen LogP contribution in [0.15, 0.2) is 39.4 Å². The molecule has 0 atom stereocenters. The van der Waals surface area contributed by atoms with Gasteiger partial charge in [-0.25, -0.2) is 9.59 Å². The number of hydrogen-bond donors (Lipinski definition) is 0. The first kappa shape index (κ1) is 6.71. The predicted molar refractivity (Wildman–Crippen MR) is 34.4 cm³/mol. The van der Waals surface area contributed by atoms with Crippen LogP contribution in [0.5, 0.6) is 0 Å². The predicted octanol–water partition coefficient (Wildman–Crippen LogP) is 0.494. The van der Waals surface area contributed by atoms with Crippen molar-refractivity contribution in [3.8, 4) is 0 Å². The Labute approximate surface area is 63.7 Å². The maximum Gasteiger partial charge on any atom is 0.526 e. The Morgan fingerprint density at radius 2 is 1.25 bits per heavy atom. The number of rotatable bonds is 0. The highest BCUT2D eigenvalue weighted by atomic mass is 16.7. The Bertz CT molecular complexity index is 476. The van der Waals surface area contributed by atoms with Crippen molar-refractivity contribution >= 4 is 11.6 Å². The van der Waals surface area contributed by atoms with Gasteiger partial charge in [-0.05, 0) is 0 Å². The lowest BCUT2D eigenvalue weighted by atomic mass is 10.7. The minimum atomic E-state index is -1.18. The Morgan fingerprint density at radius 3 is 1.75 bits per heavy atom. The van der Waals surface area contributed by atoms with E-state index in [9.17, 15) is 9.59 Å². The number of furan rings is 1. The highest BCUT2D eigenvalue weighted by molar-refractivity contribution is 5.38. The van der Waals surface area contributed by atoms with E-state index in [0.29, 0.717) is 0 Å². The fraction of sp³-hybridized carbons (Fsp3) is 0. The van der Waals surface area contributed by atoms with Gasteiger partial charge in [-0.2, -0.15) is 0 Å². The molecular formula is C6H2O6. The van der Waals surface area contributed by atoms with Crippen LogP contribution in [0.4, 0.5) is 0 Å². The maximum atomic E-state index is 10.5. The van der Waals surface area contributed by atoms with E-state index >= 15 is 0 Å². The van der Waals surface area contributed by atoms with Crippen LogP contribution in [0.25, 0.3) is 11.6 Å². The van der Waals surface area contributed by atoms with Crippen LogP contribution < -0.4 is 11.6 Å². The van der Waals surface area contributed by atoms with E-state index in [1.807, 2.05) is 0 Å². The summed E-state index contributed by atoms with van der Waals surface area (Å²) in [6.45, 7) is 0. The number of hydrogen-bond acceptors (Lipinski definition) is 6. The molecule has 0 saturated heterocycles. The Balaban J connectivity index is 3.05. The smallest absolute Gasteiger partial charge is 0.392 e. The van der Waals surface area contributed by atoms with Crippen molar-refractivity contribution in [2.24, 2.45) is 0 Å². The molecule has 0 aliphatic carbocycles. The van der Waals surface area contributed by atoms with Crippen molar-refractivity contribution in [3.05, 3.63) is 33.4 Å². The van der Waals surface area contributed by atoms with Gasteiger partial charge in [0.05, 0.1) is 0 Å². The topological polar surface area (TPSA) is 86.7 Å². The summed E-state index contributed by atoms with van der Waals surface area (Å²) in [6, 6.07) is 2.66. The monoisotopic (exact) mass is 170 g/mol. The molecule has 0 fully saturated rings. The molecule has 0 aliphatic heterocycles. The lowest BCUT2D eigenvalue weighted by Gasteiger charge is -1.77. The average molecular weight is 170 g/mol. The van der Waals surface area contributed by atoms with Gasteiger partial charge in [0.2, 0.25) is 0 Å². The van der Waals surface area contributed by atoms with Crippen LogP contribution in [0.2, 0.25) is 0 Å². The van der Waals surface area contributed by atoms with E-state index in [1.165, 1.54) is 12.1 Å². The lowest BCUT2D eigenvalue weighted by molar-refractivity contribution is 0.231. The standard InChI is InChI=1S/C6H2O6/c7-5-10-3-1-2-4(9-3)11-6(8)12-5/h1-2H. The van der Waals surface area contributed by atoms with Gasteiger partial charge in [-0.15, -0.1) is 0 Å². The SMILES string of the molecule is O=c1oc(=O)oc2ccc(o1)o2. The molecule has 12 heavy (non-hydrogen) atoms. The molecule has 0 aliphatic rings. The minimum Gasteiger partial charge on any atom is -0.392 e. The van der Waals surface area contributed by atoms with Crippen LogP contribution in [-0.4, -0.2) is 0 Å². The quantitative estimate of drug-likeness (QED) is 0.571. The summed E-state index contributed by atoms with van der Waals surface area (Å²) in [5.74, 6) is -2.52. The second kappa shape index (κ2) is 2.26. The molecule has 2 bridgehead atoms. The van der Waals surface area contributed by atoms with Crippen molar-refractivity contribution in [1.82, 2.24) is 0 Å². The summed E-state index contributed by atoms with van der Waals surface area (Å²) in [5, 5.41) is 0. The average Bonchev–Trinajstić information content (AvgIpc) is 2.33. The molecular weight excluding hydrogens is 168 g/mol. The normalized spacial score (nSPS) is 10.3. The highest BCUT2D eigenvalue weighted by Crippen LogP contribution is 2.06. The molecule has 0 spiro atoms. The van der Waals surface area contributed by atoms with Crippen LogP contribution in [0, 0.1) is 0 Å². The van der Waals surface area contributed by atoms with Gasteiger partial charge in [0.15, 0.2) is 0 Å². The zero-order chi connectivity index (χ0) is 8.55. The van der Waals surface area contributed by atoms with Crippen molar-refractivity contribution in [1.29, 1.82) is 0 Å². The van der Waals surface area contributed by atoms with Gasteiger partial charge in [-0.3, -0.25) is 0 Å². The largest absolute Gasteiger partial charge is 0.526 e. The molecule has 0 N–H and O–H groups in total. The van der Waals surface area contributed by atoms with Crippen molar-refractivity contribution in [3.63, 3.8) is 0 Å². The Kier molecular flexibility index (Phi) is 1.26. The fourth-order valence-electron chi connectivity index (χ4n) is 0.687. The Hall–Kier alpha value is -1.98. The summed E-state index contributed by atoms with van der Waals surface area (Å²) in [7, 11) is 0.